The number of nitro benzene ring substituents is 1. The van der Waals surface area contributed by atoms with Gasteiger partial charge in [-0.1, -0.05) is 12.1 Å². The van der Waals surface area contributed by atoms with E-state index >= 15 is 0 Å². The van der Waals surface area contributed by atoms with Crippen molar-refractivity contribution in [1.29, 1.82) is 0 Å². The summed E-state index contributed by atoms with van der Waals surface area (Å²) < 4.78 is 43.8. The average Bonchev–Trinajstić information content (AvgIpc) is 3.23. The van der Waals surface area contributed by atoms with Crippen LogP contribution in [0.3, 0.4) is 0 Å². The number of aromatic nitrogens is 2. The normalized spacial score (nSPS) is 11.4. The molecule has 0 unspecified atom stereocenters. The number of hydrogen-bond acceptors (Lipinski definition) is 8. The fraction of sp³-hybridized carbons (Fsp3) is 0.174. The van der Waals surface area contributed by atoms with E-state index in [2.05, 4.69) is 5.10 Å². The number of hydrogen-bond donors (Lipinski definition) is 0. The fourth-order valence-electron chi connectivity index (χ4n) is 3.36. The largest absolute Gasteiger partial charge is 0.497 e. The van der Waals surface area contributed by atoms with Crippen LogP contribution in [-0.2, 0) is 16.4 Å². The van der Waals surface area contributed by atoms with Gasteiger partial charge in [0.1, 0.15) is 11.5 Å². The second kappa shape index (κ2) is 9.40. The zero-order valence-corrected chi connectivity index (χ0v) is 19.2. The number of nitro groups is 1. The Morgan fingerprint density at radius 2 is 1.59 bits per heavy atom. The second-order valence-electron chi connectivity index (χ2n) is 7.23. The van der Waals surface area contributed by atoms with Crippen molar-refractivity contribution in [1.82, 2.24) is 9.19 Å². The zero-order valence-electron chi connectivity index (χ0n) is 18.4. The van der Waals surface area contributed by atoms with Gasteiger partial charge in [0, 0.05) is 18.6 Å². The first-order valence-electron chi connectivity index (χ1n) is 10.2. The monoisotopic (exact) mass is 483 g/mol. The van der Waals surface area contributed by atoms with Crippen molar-refractivity contribution in [3.63, 3.8) is 0 Å². The van der Waals surface area contributed by atoms with Gasteiger partial charge in [-0.2, -0.15) is 8.42 Å². The Hall–Kier alpha value is -4.12. The van der Waals surface area contributed by atoms with Gasteiger partial charge in [-0.3, -0.25) is 10.1 Å². The van der Waals surface area contributed by atoms with Gasteiger partial charge in [0.05, 0.1) is 41.5 Å². The lowest BCUT2D eigenvalue weighted by Crippen LogP contribution is -2.14. The van der Waals surface area contributed by atoms with Gasteiger partial charge in [0.2, 0.25) is 5.88 Å². The molecule has 0 aliphatic rings. The maximum absolute atomic E-state index is 13.3. The molecule has 0 bridgehead atoms. The molecule has 11 heteroatoms. The highest BCUT2D eigenvalue weighted by molar-refractivity contribution is 7.90. The number of rotatable bonds is 9. The molecule has 0 radical (unpaired) electrons. The van der Waals surface area contributed by atoms with E-state index in [1.807, 2.05) is 0 Å². The summed E-state index contributed by atoms with van der Waals surface area (Å²) in [5, 5.41) is 15.5. The van der Waals surface area contributed by atoms with E-state index in [0.29, 0.717) is 28.8 Å². The first-order chi connectivity index (χ1) is 16.3. The lowest BCUT2D eigenvalue weighted by atomic mass is 10.1. The number of nitrogens with zero attached hydrogens (tertiary/aromatic N) is 3. The summed E-state index contributed by atoms with van der Waals surface area (Å²) in [5.41, 5.74) is 1.17. The quantitative estimate of drug-likeness (QED) is 0.260. The van der Waals surface area contributed by atoms with Gasteiger partial charge >= 0.3 is 0 Å². The molecule has 0 aliphatic heterocycles. The Labute approximate surface area is 195 Å². The van der Waals surface area contributed by atoms with Crippen LogP contribution in [0.4, 0.5) is 5.69 Å². The summed E-state index contributed by atoms with van der Waals surface area (Å²) in [6.07, 6.45) is 0.446. The van der Waals surface area contributed by atoms with Crippen molar-refractivity contribution >= 4 is 26.6 Å². The van der Waals surface area contributed by atoms with Crippen LogP contribution in [0.25, 0.3) is 10.9 Å². The fourth-order valence-corrected chi connectivity index (χ4v) is 4.64. The molecule has 4 aromatic rings. The molecule has 0 N–H and O–H groups in total. The third kappa shape index (κ3) is 4.50. The Kier molecular flexibility index (Phi) is 6.37. The molecule has 0 atom stereocenters. The van der Waals surface area contributed by atoms with E-state index in [4.69, 9.17) is 14.2 Å². The highest BCUT2D eigenvalue weighted by atomic mass is 32.2. The predicted molar refractivity (Wildman–Crippen MR) is 124 cm³/mol. The van der Waals surface area contributed by atoms with Gasteiger partial charge in [-0.25, -0.2) is 0 Å². The lowest BCUT2D eigenvalue weighted by Gasteiger charge is -2.07. The van der Waals surface area contributed by atoms with E-state index < -0.39 is 14.9 Å². The third-order valence-electron chi connectivity index (χ3n) is 5.18. The zero-order chi connectivity index (χ0) is 24.3. The van der Waals surface area contributed by atoms with E-state index in [9.17, 15) is 18.5 Å². The average molecular weight is 484 g/mol. The van der Waals surface area contributed by atoms with Crippen LogP contribution in [0.15, 0.2) is 71.6 Å². The molecule has 176 valence electrons. The molecule has 0 fully saturated rings. The molecule has 1 aromatic heterocycles. The van der Waals surface area contributed by atoms with Crippen molar-refractivity contribution in [2.75, 3.05) is 20.8 Å². The van der Waals surface area contributed by atoms with Crippen molar-refractivity contribution in [2.45, 2.75) is 11.3 Å². The highest BCUT2D eigenvalue weighted by Crippen LogP contribution is 2.31. The maximum atomic E-state index is 13.3. The van der Waals surface area contributed by atoms with Crippen molar-refractivity contribution < 1.29 is 27.6 Å². The minimum atomic E-state index is -4.01. The van der Waals surface area contributed by atoms with Gasteiger partial charge in [-0.15, -0.1) is 9.19 Å². The minimum Gasteiger partial charge on any atom is -0.497 e. The van der Waals surface area contributed by atoms with Crippen LogP contribution in [-0.4, -0.2) is 43.4 Å². The molecule has 0 saturated carbocycles. The molecule has 10 nitrogen and oxygen atoms in total. The second-order valence-corrected chi connectivity index (χ2v) is 9.00. The molecular weight excluding hydrogens is 462 g/mol. The molecule has 0 spiro atoms. The Morgan fingerprint density at radius 1 is 0.941 bits per heavy atom. The Morgan fingerprint density at radius 3 is 2.21 bits per heavy atom. The van der Waals surface area contributed by atoms with Crippen LogP contribution >= 0.6 is 0 Å². The van der Waals surface area contributed by atoms with Crippen LogP contribution in [0, 0.1) is 10.1 Å². The number of benzene rings is 3. The predicted octanol–water partition coefficient (Wildman–Crippen LogP) is 3.82. The van der Waals surface area contributed by atoms with Crippen LogP contribution < -0.4 is 14.2 Å². The summed E-state index contributed by atoms with van der Waals surface area (Å²) in [7, 11) is -1.01. The van der Waals surface area contributed by atoms with Gasteiger partial charge < -0.3 is 14.2 Å². The number of non-ortho nitro benzene ring substituents is 1. The molecule has 34 heavy (non-hydrogen) atoms. The highest BCUT2D eigenvalue weighted by Gasteiger charge is 2.24. The topological polar surface area (TPSA) is 123 Å². The maximum Gasteiger partial charge on any atom is 0.283 e. The molecular formula is C23H21N3O7S. The summed E-state index contributed by atoms with van der Waals surface area (Å²) >= 11 is 0. The smallest absolute Gasteiger partial charge is 0.283 e. The van der Waals surface area contributed by atoms with Crippen molar-refractivity contribution in [3.05, 3.63) is 82.4 Å². The SMILES string of the molecule is COc1ccc(S(=O)(=O)n2nc(OCCc3ccc([N+](=O)[O-])cc3)c3cc(OC)ccc32)cc1. The first kappa shape index (κ1) is 23.1. The molecule has 1 heterocycles. The van der Waals surface area contributed by atoms with Crippen LogP contribution in [0.2, 0.25) is 0 Å². The third-order valence-corrected chi connectivity index (χ3v) is 6.79. The van der Waals surface area contributed by atoms with E-state index in [1.54, 1.807) is 42.5 Å². The van der Waals surface area contributed by atoms with E-state index in [0.717, 1.165) is 9.65 Å². The van der Waals surface area contributed by atoms with E-state index in [1.165, 1.54) is 38.5 Å². The number of ether oxygens (including phenoxy) is 3. The summed E-state index contributed by atoms with van der Waals surface area (Å²) in [5.74, 6) is 1.19. The van der Waals surface area contributed by atoms with Gasteiger partial charge in [-0.05, 0) is 48.0 Å². The van der Waals surface area contributed by atoms with Crippen molar-refractivity contribution in [2.24, 2.45) is 0 Å². The van der Waals surface area contributed by atoms with E-state index in [-0.39, 0.29) is 23.1 Å². The molecule has 3 aromatic carbocycles. The van der Waals surface area contributed by atoms with Crippen LogP contribution in [0.5, 0.6) is 17.4 Å². The summed E-state index contributed by atoms with van der Waals surface area (Å²) in [4.78, 5) is 10.4. The molecule has 4 rings (SSSR count). The molecule has 0 amide bonds. The minimum absolute atomic E-state index is 0.00485. The lowest BCUT2D eigenvalue weighted by molar-refractivity contribution is -0.384. The summed E-state index contributed by atoms with van der Waals surface area (Å²) in [6, 6.07) is 17.1. The molecule has 0 aliphatic carbocycles. The Balaban J connectivity index is 1.64. The van der Waals surface area contributed by atoms with Crippen LogP contribution in [0.1, 0.15) is 5.56 Å². The Bertz CT molecular complexity index is 1430. The summed E-state index contributed by atoms with van der Waals surface area (Å²) in [6.45, 7) is 0.184. The number of fused-ring (bicyclic) bond motifs is 1. The van der Waals surface area contributed by atoms with Gasteiger partial charge in [0.25, 0.3) is 15.7 Å². The standard InChI is InChI=1S/C23H21N3O7S/c1-31-18-7-10-20(11-8-18)34(29,30)25-22-12-9-19(32-2)15-21(22)23(24-25)33-14-13-16-3-5-17(6-4-16)26(27)28/h3-12,15H,13-14H2,1-2H3. The number of methoxy groups -OCH3 is 2. The first-order valence-corrected chi connectivity index (χ1v) is 11.6. The van der Waals surface area contributed by atoms with Gasteiger partial charge in [0.15, 0.2) is 0 Å². The van der Waals surface area contributed by atoms with Crippen molar-refractivity contribution in [3.8, 4) is 17.4 Å². The molecule has 0 saturated heterocycles.